The lowest BCUT2D eigenvalue weighted by Crippen LogP contribution is -2.24. The number of carbonyl (C=O) groups excluding carboxylic acids is 2. The average molecular weight is 429 g/mol. The van der Waals surface area contributed by atoms with E-state index in [4.69, 9.17) is 0 Å². The summed E-state index contributed by atoms with van der Waals surface area (Å²) in [6.07, 6.45) is -1.56. The zero-order chi connectivity index (χ0) is 22.9. The van der Waals surface area contributed by atoms with Crippen LogP contribution in [0.15, 0.2) is 60.7 Å². The molecule has 3 aromatic rings. The van der Waals surface area contributed by atoms with Crippen LogP contribution >= 0.6 is 0 Å². The average Bonchev–Trinajstić information content (AvgIpc) is 2.79. The maximum absolute atomic E-state index is 12.8. The third-order valence-electron chi connectivity index (χ3n) is 4.70. The van der Waals surface area contributed by atoms with Crippen LogP contribution in [0, 0.1) is 0 Å². The Morgan fingerprint density at radius 3 is 2.32 bits per heavy atom. The summed E-state index contributed by atoms with van der Waals surface area (Å²) >= 11 is 0. The molecule has 3 nitrogen and oxygen atoms in total. The third kappa shape index (κ3) is 6.41. The smallest absolute Gasteiger partial charge is 0.352 e. The predicted octanol–water partition coefficient (Wildman–Crippen LogP) is 6.65. The Kier molecular flexibility index (Phi) is 8.79. The Bertz CT molecular complexity index is 1010. The third-order valence-corrected chi connectivity index (χ3v) is 4.70. The van der Waals surface area contributed by atoms with Crippen molar-refractivity contribution >= 4 is 23.0 Å². The fourth-order valence-electron chi connectivity index (χ4n) is 3.17. The molecule has 1 N–H and O–H groups in total. The Morgan fingerprint density at radius 2 is 1.68 bits per heavy atom. The Hall–Kier alpha value is -3.15. The fraction of sp³-hybridized carbons (Fsp3) is 0.280. The lowest BCUT2D eigenvalue weighted by molar-refractivity contribution is -0.137. The number of nitrogens with one attached hydrogen (secondary N) is 1. The summed E-state index contributed by atoms with van der Waals surface area (Å²) in [6.45, 7) is 4.50. The van der Waals surface area contributed by atoms with E-state index in [-0.39, 0.29) is 5.91 Å². The molecule has 6 heteroatoms. The van der Waals surface area contributed by atoms with Crippen molar-refractivity contribution in [2.24, 2.45) is 0 Å². The molecule has 0 saturated heterocycles. The van der Waals surface area contributed by atoms with E-state index in [1.807, 2.05) is 38.1 Å². The van der Waals surface area contributed by atoms with Gasteiger partial charge in [0.15, 0.2) is 0 Å². The van der Waals surface area contributed by atoms with Crippen molar-refractivity contribution in [2.75, 3.05) is 6.54 Å². The van der Waals surface area contributed by atoms with Gasteiger partial charge in [-0.1, -0.05) is 50.2 Å². The summed E-state index contributed by atoms with van der Waals surface area (Å²) in [4.78, 5) is 22.6. The van der Waals surface area contributed by atoms with Gasteiger partial charge in [0, 0.05) is 18.5 Å². The predicted molar refractivity (Wildman–Crippen MR) is 118 cm³/mol. The van der Waals surface area contributed by atoms with Crippen LogP contribution in [0.3, 0.4) is 0 Å². The van der Waals surface area contributed by atoms with Gasteiger partial charge in [-0.2, -0.15) is 13.2 Å². The fourth-order valence-corrected chi connectivity index (χ4v) is 3.17. The molecule has 3 aromatic carbocycles. The molecule has 0 atom stereocenters. The van der Waals surface area contributed by atoms with Crippen LogP contribution in [0.1, 0.15) is 49.0 Å². The zero-order valence-corrected chi connectivity index (χ0v) is 17.6. The van der Waals surface area contributed by atoms with E-state index in [1.54, 1.807) is 12.1 Å². The van der Waals surface area contributed by atoms with E-state index in [0.29, 0.717) is 24.1 Å². The van der Waals surface area contributed by atoms with Crippen LogP contribution in [-0.4, -0.2) is 18.7 Å². The van der Waals surface area contributed by atoms with E-state index < -0.39 is 11.7 Å². The topological polar surface area (TPSA) is 46.2 Å². The number of carbonyl (C=O) groups is 2. The largest absolute Gasteiger partial charge is 0.416 e. The molecule has 0 aliphatic rings. The van der Waals surface area contributed by atoms with Gasteiger partial charge in [0.25, 0.3) is 5.91 Å². The Balaban J connectivity index is 0.00000166. The summed E-state index contributed by atoms with van der Waals surface area (Å²) < 4.78 is 38.4. The lowest BCUT2D eigenvalue weighted by atomic mass is 9.96. The van der Waals surface area contributed by atoms with Gasteiger partial charge in [0.1, 0.15) is 6.29 Å². The molecule has 1 amide bonds. The second-order valence-corrected chi connectivity index (χ2v) is 6.73. The van der Waals surface area contributed by atoms with Crippen LogP contribution in [0.25, 0.3) is 21.9 Å². The van der Waals surface area contributed by atoms with Crippen molar-refractivity contribution in [2.45, 2.75) is 39.3 Å². The van der Waals surface area contributed by atoms with Crippen molar-refractivity contribution in [1.82, 2.24) is 5.32 Å². The standard InChI is InChI=1S/C23H20F3NO2.C2H6/c24-23(25,26)19-10-7-16(8-11-19)20-6-4-5-17-15-18(9-12-21(17)20)22(29)27-13-2-1-3-14-28;1-2/h4-12,14-15H,1-3,13H2,(H,27,29);1-2H3. The van der Waals surface area contributed by atoms with Gasteiger partial charge in [-0.3, -0.25) is 4.79 Å². The summed E-state index contributed by atoms with van der Waals surface area (Å²) in [5.74, 6) is -0.196. The first-order valence-electron chi connectivity index (χ1n) is 10.3. The number of rotatable bonds is 7. The van der Waals surface area contributed by atoms with Gasteiger partial charge in [0.2, 0.25) is 0 Å². The van der Waals surface area contributed by atoms with E-state index in [1.165, 1.54) is 12.1 Å². The monoisotopic (exact) mass is 429 g/mol. The number of hydrogen-bond acceptors (Lipinski definition) is 2. The van der Waals surface area contributed by atoms with Crippen molar-refractivity contribution < 1.29 is 22.8 Å². The molecule has 0 fully saturated rings. The van der Waals surface area contributed by atoms with Crippen molar-refractivity contribution in [3.63, 3.8) is 0 Å². The summed E-state index contributed by atoms with van der Waals surface area (Å²) in [7, 11) is 0. The zero-order valence-electron chi connectivity index (χ0n) is 17.6. The molecule has 31 heavy (non-hydrogen) atoms. The van der Waals surface area contributed by atoms with Crippen molar-refractivity contribution in [3.05, 3.63) is 71.8 Å². The number of amides is 1. The molecular weight excluding hydrogens is 403 g/mol. The molecule has 0 heterocycles. The van der Waals surface area contributed by atoms with E-state index in [2.05, 4.69) is 5.32 Å². The first kappa shape index (κ1) is 24.1. The molecule has 0 aromatic heterocycles. The minimum absolute atomic E-state index is 0.196. The van der Waals surface area contributed by atoms with Crippen LogP contribution in [0.4, 0.5) is 13.2 Å². The van der Waals surface area contributed by atoms with Gasteiger partial charge in [-0.25, -0.2) is 0 Å². The summed E-state index contributed by atoms with van der Waals surface area (Å²) in [5, 5.41) is 4.51. The lowest BCUT2D eigenvalue weighted by Gasteiger charge is -2.11. The van der Waals surface area contributed by atoms with Crippen molar-refractivity contribution in [1.29, 1.82) is 0 Å². The SMILES string of the molecule is CC.O=CCCCCNC(=O)c1ccc2c(-c3ccc(C(F)(F)F)cc3)cccc2c1. The normalized spacial score (nSPS) is 10.9. The quantitative estimate of drug-likeness (QED) is 0.338. The molecule has 0 spiro atoms. The summed E-state index contributed by atoms with van der Waals surface area (Å²) in [5.41, 5.74) is 1.30. The van der Waals surface area contributed by atoms with E-state index in [9.17, 15) is 22.8 Å². The van der Waals surface area contributed by atoms with Crippen LogP contribution in [-0.2, 0) is 11.0 Å². The molecule has 0 radical (unpaired) electrons. The van der Waals surface area contributed by atoms with Crippen LogP contribution in [0.5, 0.6) is 0 Å². The molecule has 0 unspecified atom stereocenters. The molecule has 164 valence electrons. The van der Waals surface area contributed by atoms with Crippen LogP contribution < -0.4 is 5.32 Å². The minimum atomic E-state index is -4.37. The first-order chi connectivity index (χ1) is 14.9. The van der Waals surface area contributed by atoms with Gasteiger partial charge < -0.3 is 10.1 Å². The maximum atomic E-state index is 12.8. The van der Waals surface area contributed by atoms with E-state index in [0.717, 1.165) is 47.6 Å². The van der Waals surface area contributed by atoms with Crippen molar-refractivity contribution in [3.8, 4) is 11.1 Å². The highest BCUT2D eigenvalue weighted by Gasteiger charge is 2.30. The van der Waals surface area contributed by atoms with Crippen LogP contribution in [0.2, 0.25) is 0 Å². The minimum Gasteiger partial charge on any atom is -0.352 e. The first-order valence-corrected chi connectivity index (χ1v) is 10.3. The van der Waals surface area contributed by atoms with Gasteiger partial charge in [-0.05, 0) is 59.0 Å². The molecule has 3 rings (SSSR count). The molecule has 0 saturated carbocycles. The molecular formula is C25H26F3NO2. The number of unbranched alkanes of at least 4 members (excludes halogenated alkanes) is 2. The number of halogens is 3. The second-order valence-electron chi connectivity index (χ2n) is 6.73. The highest BCUT2D eigenvalue weighted by molar-refractivity contribution is 6.02. The number of benzene rings is 3. The summed E-state index contributed by atoms with van der Waals surface area (Å²) in [6, 6.07) is 15.9. The van der Waals surface area contributed by atoms with E-state index >= 15 is 0 Å². The Labute approximate surface area is 180 Å². The van der Waals surface area contributed by atoms with Gasteiger partial charge in [0.05, 0.1) is 5.56 Å². The molecule has 0 aliphatic heterocycles. The second kappa shape index (κ2) is 11.3. The highest BCUT2D eigenvalue weighted by atomic mass is 19.4. The number of aldehydes is 1. The highest BCUT2D eigenvalue weighted by Crippen LogP contribution is 2.33. The maximum Gasteiger partial charge on any atom is 0.416 e. The Morgan fingerprint density at radius 1 is 0.968 bits per heavy atom. The number of alkyl halides is 3. The molecule has 0 aliphatic carbocycles. The number of fused-ring (bicyclic) bond motifs is 1. The number of hydrogen-bond donors (Lipinski definition) is 1. The van der Waals surface area contributed by atoms with Gasteiger partial charge >= 0.3 is 6.18 Å². The molecule has 0 bridgehead atoms. The van der Waals surface area contributed by atoms with Gasteiger partial charge in [-0.15, -0.1) is 0 Å².